The normalized spacial score (nSPS) is 17.1. The summed E-state index contributed by atoms with van der Waals surface area (Å²) in [6.45, 7) is 0.447. The standard InChI is InChI=1S/C11H15NO4S2/c13-11(14)9-5-6-10(17-9)18(15,16)12-7-8-3-1-2-4-8/h5-6,8,12H,1-4,7H2,(H,13,14). The van der Waals surface area contributed by atoms with Crippen molar-refractivity contribution in [3.05, 3.63) is 17.0 Å². The first-order chi connectivity index (χ1) is 8.49. The number of hydrogen-bond acceptors (Lipinski definition) is 4. The van der Waals surface area contributed by atoms with E-state index in [-0.39, 0.29) is 9.09 Å². The zero-order chi connectivity index (χ0) is 13.2. The number of aromatic carboxylic acids is 1. The highest BCUT2D eigenvalue weighted by atomic mass is 32.2. The van der Waals surface area contributed by atoms with Crippen molar-refractivity contribution in [3.8, 4) is 0 Å². The van der Waals surface area contributed by atoms with E-state index < -0.39 is 16.0 Å². The second kappa shape index (κ2) is 5.38. The van der Waals surface area contributed by atoms with Crippen LogP contribution in [0.4, 0.5) is 0 Å². The third kappa shape index (κ3) is 3.09. The molecule has 7 heteroatoms. The Morgan fingerprint density at radius 1 is 1.39 bits per heavy atom. The molecule has 1 saturated carbocycles. The van der Waals surface area contributed by atoms with Crippen molar-refractivity contribution in [2.75, 3.05) is 6.54 Å². The Hall–Kier alpha value is -0.920. The van der Waals surface area contributed by atoms with E-state index >= 15 is 0 Å². The fourth-order valence-electron chi connectivity index (χ4n) is 2.09. The SMILES string of the molecule is O=C(O)c1ccc(S(=O)(=O)NCC2CCCC2)s1. The molecular formula is C11H15NO4S2. The third-order valence-electron chi connectivity index (χ3n) is 3.09. The van der Waals surface area contributed by atoms with Gasteiger partial charge in [0, 0.05) is 6.54 Å². The first-order valence-electron chi connectivity index (χ1n) is 5.82. The zero-order valence-corrected chi connectivity index (χ0v) is 11.4. The van der Waals surface area contributed by atoms with Crippen LogP contribution in [0.3, 0.4) is 0 Å². The highest BCUT2D eigenvalue weighted by molar-refractivity contribution is 7.91. The summed E-state index contributed by atoms with van der Waals surface area (Å²) < 4.78 is 26.5. The van der Waals surface area contributed by atoms with Gasteiger partial charge in [-0.1, -0.05) is 12.8 Å². The van der Waals surface area contributed by atoms with Crippen LogP contribution in [0.5, 0.6) is 0 Å². The van der Waals surface area contributed by atoms with Gasteiger partial charge in [-0.15, -0.1) is 11.3 Å². The second-order valence-corrected chi connectivity index (χ2v) is 7.50. The van der Waals surface area contributed by atoms with Gasteiger partial charge in [0.25, 0.3) is 0 Å². The molecule has 1 aromatic heterocycles. The zero-order valence-electron chi connectivity index (χ0n) is 9.76. The van der Waals surface area contributed by atoms with Crippen molar-refractivity contribution in [1.82, 2.24) is 4.72 Å². The van der Waals surface area contributed by atoms with E-state index in [0.29, 0.717) is 12.5 Å². The summed E-state index contributed by atoms with van der Waals surface area (Å²) in [4.78, 5) is 10.7. The molecule has 0 aliphatic heterocycles. The van der Waals surface area contributed by atoms with Crippen molar-refractivity contribution < 1.29 is 18.3 Å². The molecular weight excluding hydrogens is 274 g/mol. The maximum absolute atomic E-state index is 11.9. The van der Waals surface area contributed by atoms with E-state index in [9.17, 15) is 13.2 Å². The molecule has 2 rings (SSSR count). The van der Waals surface area contributed by atoms with Gasteiger partial charge in [-0.25, -0.2) is 17.9 Å². The van der Waals surface area contributed by atoms with Crippen molar-refractivity contribution in [3.63, 3.8) is 0 Å². The summed E-state index contributed by atoms with van der Waals surface area (Å²) in [5, 5.41) is 8.76. The molecule has 18 heavy (non-hydrogen) atoms. The Labute approximate surface area is 110 Å². The summed E-state index contributed by atoms with van der Waals surface area (Å²) in [5.41, 5.74) is 0. The third-order valence-corrected chi connectivity index (χ3v) is 6.08. The molecule has 1 aliphatic rings. The minimum absolute atomic E-state index is 0.0382. The van der Waals surface area contributed by atoms with Gasteiger partial charge in [0.2, 0.25) is 10.0 Å². The second-order valence-electron chi connectivity index (χ2n) is 4.43. The van der Waals surface area contributed by atoms with Crippen LogP contribution in [0.2, 0.25) is 0 Å². The molecule has 1 fully saturated rings. The van der Waals surface area contributed by atoms with Crippen LogP contribution in [-0.2, 0) is 10.0 Å². The van der Waals surface area contributed by atoms with Gasteiger partial charge < -0.3 is 5.11 Å². The Morgan fingerprint density at radius 2 is 2.06 bits per heavy atom. The molecule has 100 valence electrons. The average Bonchev–Trinajstić information content (AvgIpc) is 2.98. The highest BCUT2D eigenvalue weighted by Crippen LogP contribution is 2.25. The minimum atomic E-state index is -3.56. The molecule has 0 radical (unpaired) electrons. The van der Waals surface area contributed by atoms with Gasteiger partial charge in [0.1, 0.15) is 9.09 Å². The van der Waals surface area contributed by atoms with Gasteiger partial charge in [0.15, 0.2) is 0 Å². The molecule has 0 saturated heterocycles. The molecule has 0 aromatic carbocycles. The average molecular weight is 289 g/mol. The maximum Gasteiger partial charge on any atom is 0.345 e. The lowest BCUT2D eigenvalue weighted by atomic mass is 10.1. The van der Waals surface area contributed by atoms with Crippen LogP contribution in [0.1, 0.15) is 35.4 Å². The number of rotatable bonds is 5. The predicted molar refractivity (Wildman–Crippen MR) is 68.4 cm³/mol. The molecule has 2 N–H and O–H groups in total. The lowest BCUT2D eigenvalue weighted by molar-refractivity contribution is 0.0702. The number of sulfonamides is 1. The summed E-state index contributed by atoms with van der Waals surface area (Å²) in [6, 6.07) is 2.65. The van der Waals surface area contributed by atoms with Gasteiger partial charge in [-0.3, -0.25) is 0 Å². The lowest BCUT2D eigenvalue weighted by Gasteiger charge is -2.09. The van der Waals surface area contributed by atoms with Crippen LogP contribution < -0.4 is 4.72 Å². The number of carboxylic acid groups (broad SMARTS) is 1. The summed E-state index contributed by atoms with van der Waals surface area (Å²) in [5.74, 6) is -0.684. The predicted octanol–water partition coefficient (Wildman–Crippen LogP) is 1.91. The van der Waals surface area contributed by atoms with Gasteiger partial charge >= 0.3 is 5.97 Å². The number of carbonyl (C=O) groups is 1. The molecule has 0 spiro atoms. The smallest absolute Gasteiger partial charge is 0.345 e. The number of carboxylic acids is 1. The van der Waals surface area contributed by atoms with Gasteiger partial charge in [-0.2, -0.15) is 0 Å². The Bertz CT molecular complexity index is 529. The van der Waals surface area contributed by atoms with Gasteiger partial charge in [-0.05, 0) is 30.9 Å². The van der Waals surface area contributed by atoms with Gasteiger partial charge in [0.05, 0.1) is 0 Å². The maximum atomic E-state index is 11.9. The van der Waals surface area contributed by atoms with E-state index in [2.05, 4.69) is 4.72 Å². The van der Waals surface area contributed by atoms with Crippen molar-refractivity contribution in [1.29, 1.82) is 0 Å². The summed E-state index contributed by atoms with van der Waals surface area (Å²) >= 11 is 0.780. The molecule has 0 bridgehead atoms. The van der Waals surface area contributed by atoms with E-state index in [0.717, 1.165) is 37.0 Å². The molecule has 1 aliphatic carbocycles. The first kappa shape index (κ1) is 13.5. The fourth-order valence-corrected chi connectivity index (χ4v) is 4.40. The van der Waals surface area contributed by atoms with E-state index in [1.54, 1.807) is 0 Å². The molecule has 5 nitrogen and oxygen atoms in total. The molecule has 0 atom stereocenters. The summed E-state index contributed by atoms with van der Waals surface area (Å²) in [6.07, 6.45) is 4.45. The summed E-state index contributed by atoms with van der Waals surface area (Å²) in [7, 11) is -3.56. The quantitative estimate of drug-likeness (QED) is 0.867. The van der Waals surface area contributed by atoms with E-state index in [4.69, 9.17) is 5.11 Å². The van der Waals surface area contributed by atoms with Crippen molar-refractivity contribution in [2.24, 2.45) is 5.92 Å². The van der Waals surface area contributed by atoms with Crippen LogP contribution in [0, 0.1) is 5.92 Å². The van der Waals surface area contributed by atoms with Crippen LogP contribution in [0.15, 0.2) is 16.3 Å². The van der Waals surface area contributed by atoms with Crippen molar-refractivity contribution >= 4 is 27.3 Å². The Kier molecular flexibility index (Phi) is 4.04. The highest BCUT2D eigenvalue weighted by Gasteiger charge is 2.22. The fraction of sp³-hybridized carbons (Fsp3) is 0.545. The first-order valence-corrected chi connectivity index (χ1v) is 8.12. The largest absolute Gasteiger partial charge is 0.477 e. The van der Waals surface area contributed by atoms with E-state index in [1.807, 2.05) is 0 Å². The minimum Gasteiger partial charge on any atom is -0.477 e. The molecule has 0 amide bonds. The van der Waals surface area contributed by atoms with Crippen LogP contribution >= 0.6 is 11.3 Å². The lowest BCUT2D eigenvalue weighted by Crippen LogP contribution is -2.27. The number of nitrogens with one attached hydrogen (secondary N) is 1. The molecule has 1 heterocycles. The van der Waals surface area contributed by atoms with E-state index in [1.165, 1.54) is 12.1 Å². The number of hydrogen-bond donors (Lipinski definition) is 2. The van der Waals surface area contributed by atoms with Crippen LogP contribution in [0.25, 0.3) is 0 Å². The molecule has 0 unspecified atom stereocenters. The molecule has 1 aromatic rings. The van der Waals surface area contributed by atoms with Crippen LogP contribution in [-0.4, -0.2) is 26.0 Å². The number of thiophene rings is 1. The topological polar surface area (TPSA) is 83.5 Å². The monoisotopic (exact) mass is 289 g/mol. The van der Waals surface area contributed by atoms with Crippen molar-refractivity contribution in [2.45, 2.75) is 29.9 Å². The Morgan fingerprint density at radius 3 is 2.61 bits per heavy atom. The Balaban J connectivity index is 2.02.